The van der Waals surface area contributed by atoms with Gasteiger partial charge < -0.3 is 0 Å². The monoisotopic (exact) mass is 794 g/mol. The fourth-order valence-electron chi connectivity index (χ4n) is 8.39. The van der Waals surface area contributed by atoms with Crippen LogP contribution in [0.3, 0.4) is 0 Å². The lowest BCUT2D eigenvalue weighted by molar-refractivity contribution is 1.24. The molecule has 0 saturated carbocycles. The Balaban J connectivity index is 0.934. The first kappa shape index (κ1) is 36.4. The van der Waals surface area contributed by atoms with Crippen molar-refractivity contribution < 1.29 is 0 Å². The number of aromatic nitrogens is 2. The summed E-state index contributed by atoms with van der Waals surface area (Å²) in [5, 5.41) is 2.29. The third-order valence-electron chi connectivity index (χ3n) is 11.5. The van der Waals surface area contributed by atoms with Crippen LogP contribution in [-0.2, 0) is 0 Å². The highest BCUT2D eigenvalue weighted by molar-refractivity contribution is 7.25. The van der Waals surface area contributed by atoms with E-state index in [-0.39, 0.29) is 0 Å². The smallest absolute Gasteiger partial charge is 0.161 e. The van der Waals surface area contributed by atoms with Crippen LogP contribution in [0, 0.1) is 0 Å². The van der Waals surface area contributed by atoms with E-state index >= 15 is 0 Å². The summed E-state index contributed by atoms with van der Waals surface area (Å²) in [5.74, 6) is 0.725. The van der Waals surface area contributed by atoms with Gasteiger partial charge in [-0.05, 0) is 109 Å². The maximum Gasteiger partial charge on any atom is 0.161 e. The molecule has 0 radical (unpaired) electrons. The van der Waals surface area contributed by atoms with Crippen molar-refractivity contribution in [2.45, 2.75) is 0 Å². The van der Waals surface area contributed by atoms with Crippen molar-refractivity contribution in [3.05, 3.63) is 231 Å². The van der Waals surface area contributed by atoms with E-state index in [9.17, 15) is 0 Å². The van der Waals surface area contributed by atoms with E-state index in [0.717, 1.165) is 44.0 Å². The molecule has 0 amide bonds. The molecule has 0 N–H and O–H groups in total. The van der Waals surface area contributed by atoms with E-state index in [1.54, 1.807) is 11.3 Å². The van der Waals surface area contributed by atoms with Gasteiger partial charge in [-0.3, -0.25) is 0 Å². The third kappa shape index (κ3) is 7.22. The summed E-state index contributed by atoms with van der Waals surface area (Å²) in [7, 11) is 0. The molecule has 9 aromatic carbocycles. The van der Waals surface area contributed by atoms with E-state index in [2.05, 4.69) is 231 Å². The van der Waals surface area contributed by atoms with Gasteiger partial charge in [0.15, 0.2) is 5.82 Å². The molecule has 11 aromatic rings. The van der Waals surface area contributed by atoms with E-state index in [1.165, 1.54) is 65.7 Å². The molecule has 2 heterocycles. The fraction of sp³-hybridized carbons (Fsp3) is 0. The van der Waals surface area contributed by atoms with Gasteiger partial charge in [-0.25, -0.2) is 9.97 Å². The lowest BCUT2D eigenvalue weighted by Gasteiger charge is -2.13. The number of fused-ring (bicyclic) bond motifs is 3. The Morgan fingerprint density at radius 1 is 0.262 bits per heavy atom. The maximum atomic E-state index is 5.33. The minimum Gasteiger partial charge on any atom is -0.227 e. The van der Waals surface area contributed by atoms with Crippen LogP contribution in [0.2, 0.25) is 0 Å². The minimum absolute atomic E-state index is 0.725. The van der Waals surface area contributed by atoms with Gasteiger partial charge in [0.05, 0.1) is 5.69 Å². The average Bonchev–Trinajstić information content (AvgIpc) is 3.73. The zero-order valence-electron chi connectivity index (χ0n) is 33.2. The molecule has 0 unspecified atom stereocenters. The van der Waals surface area contributed by atoms with E-state index in [1.807, 2.05) is 0 Å². The van der Waals surface area contributed by atoms with Crippen molar-refractivity contribution in [3.8, 4) is 89.4 Å². The van der Waals surface area contributed by atoms with Crippen LogP contribution in [0.15, 0.2) is 231 Å². The summed E-state index contributed by atoms with van der Waals surface area (Å²) in [6.45, 7) is 0. The molecule has 2 nitrogen and oxygen atoms in total. The molecule has 286 valence electrons. The Labute approximate surface area is 359 Å². The second-order valence-corrected chi connectivity index (χ2v) is 16.4. The van der Waals surface area contributed by atoms with Crippen LogP contribution in [0.5, 0.6) is 0 Å². The molecular formula is C58H38N2S. The zero-order chi connectivity index (χ0) is 40.5. The molecule has 2 aromatic heterocycles. The maximum absolute atomic E-state index is 5.33. The summed E-state index contributed by atoms with van der Waals surface area (Å²) < 4.78 is 1.21. The van der Waals surface area contributed by atoms with Crippen molar-refractivity contribution in [2.75, 3.05) is 0 Å². The lowest BCUT2D eigenvalue weighted by atomic mass is 9.92. The second kappa shape index (κ2) is 15.8. The van der Waals surface area contributed by atoms with Gasteiger partial charge in [-0.1, -0.05) is 188 Å². The third-order valence-corrected chi connectivity index (χ3v) is 12.6. The van der Waals surface area contributed by atoms with Crippen LogP contribution in [-0.4, -0.2) is 9.97 Å². The first-order valence-corrected chi connectivity index (χ1v) is 21.4. The van der Waals surface area contributed by atoms with E-state index in [4.69, 9.17) is 9.97 Å². The number of thiophene rings is 1. The van der Waals surface area contributed by atoms with Crippen molar-refractivity contribution >= 4 is 31.6 Å². The summed E-state index contributed by atoms with van der Waals surface area (Å²) >= 11 is 1.73. The molecule has 3 heteroatoms. The zero-order valence-corrected chi connectivity index (χ0v) is 34.1. The largest absolute Gasteiger partial charge is 0.227 e. The summed E-state index contributed by atoms with van der Waals surface area (Å²) in [5.41, 5.74) is 17.2. The minimum atomic E-state index is 0.725. The topological polar surface area (TPSA) is 25.8 Å². The highest BCUT2D eigenvalue weighted by Crippen LogP contribution is 2.41. The van der Waals surface area contributed by atoms with Gasteiger partial charge >= 0.3 is 0 Å². The van der Waals surface area contributed by atoms with Crippen LogP contribution < -0.4 is 0 Å². The van der Waals surface area contributed by atoms with E-state index < -0.39 is 0 Å². The molecule has 0 bridgehead atoms. The first-order chi connectivity index (χ1) is 30.2. The lowest BCUT2D eigenvalue weighted by Crippen LogP contribution is -1.94. The molecule has 0 aliphatic rings. The average molecular weight is 795 g/mol. The molecule has 11 rings (SSSR count). The standard InChI is InChI=1S/C58H38N2S/c1-4-15-39(16-5-1)45-22-14-26-49(35-45)56-55-53-27-10-11-28-54(53)61-58(55)60-57(59-56)43-31-29-42(30-32-43)44-21-12-23-46(33-44)47-24-13-25-48(34-47)52-37-50(40-17-6-2-7-18-40)36-51(38-52)41-19-8-3-9-20-41/h1-38H. The molecular weight excluding hydrogens is 757 g/mol. The Morgan fingerprint density at radius 2 is 0.623 bits per heavy atom. The molecule has 0 fully saturated rings. The molecule has 0 saturated heterocycles. The van der Waals surface area contributed by atoms with Crippen molar-refractivity contribution in [3.63, 3.8) is 0 Å². The predicted octanol–water partition coefficient (Wildman–Crippen LogP) is 16.2. The number of benzene rings is 9. The van der Waals surface area contributed by atoms with Gasteiger partial charge in [-0.15, -0.1) is 11.3 Å². The van der Waals surface area contributed by atoms with Gasteiger partial charge in [0, 0.05) is 26.6 Å². The quantitative estimate of drug-likeness (QED) is 0.153. The highest BCUT2D eigenvalue weighted by Gasteiger charge is 2.18. The molecule has 61 heavy (non-hydrogen) atoms. The Kier molecular flexibility index (Phi) is 9.42. The first-order valence-electron chi connectivity index (χ1n) is 20.6. The number of rotatable bonds is 8. The predicted molar refractivity (Wildman–Crippen MR) is 258 cm³/mol. The fourth-order valence-corrected chi connectivity index (χ4v) is 9.47. The van der Waals surface area contributed by atoms with Crippen LogP contribution in [0.1, 0.15) is 0 Å². The normalized spacial score (nSPS) is 11.3. The van der Waals surface area contributed by atoms with Crippen LogP contribution >= 0.6 is 11.3 Å². The van der Waals surface area contributed by atoms with Crippen LogP contribution in [0.4, 0.5) is 0 Å². The molecule has 0 aliphatic heterocycles. The van der Waals surface area contributed by atoms with Crippen molar-refractivity contribution in [2.24, 2.45) is 0 Å². The van der Waals surface area contributed by atoms with Crippen molar-refractivity contribution in [1.29, 1.82) is 0 Å². The number of hydrogen-bond donors (Lipinski definition) is 0. The Hall–Kier alpha value is -7.72. The van der Waals surface area contributed by atoms with Gasteiger partial charge in [0.2, 0.25) is 0 Å². The second-order valence-electron chi connectivity index (χ2n) is 15.4. The molecule has 0 spiro atoms. The van der Waals surface area contributed by atoms with Gasteiger partial charge in [0.1, 0.15) is 4.83 Å². The molecule has 0 aliphatic carbocycles. The Morgan fingerprint density at radius 3 is 1.18 bits per heavy atom. The summed E-state index contributed by atoms with van der Waals surface area (Å²) in [4.78, 5) is 11.5. The van der Waals surface area contributed by atoms with Gasteiger partial charge in [-0.2, -0.15) is 0 Å². The highest BCUT2D eigenvalue weighted by atomic mass is 32.1. The number of nitrogens with zero attached hydrogens (tertiary/aromatic N) is 2. The summed E-state index contributed by atoms with van der Waals surface area (Å²) in [6.07, 6.45) is 0. The molecule has 0 atom stereocenters. The SMILES string of the molecule is c1ccc(-c2cc(-c3ccccc3)cc(-c3cccc(-c4cccc(-c5ccc(-c6nc(-c7cccc(-c8ccccc8)c7)c7c(n6)sc6ccccc67)cc5)c4)c3)c2)cc1. The summed E-state index contributed by atoms with van der Waals surface area (Å²) in [6, 6.07) is 82.5. The van der Waals surface area contributed by atoms with Crippen LogP contribution in [0.25, 0.3) is 110 Å². The number of hydrogen-bond acceptors (Lipinski definition) is 3. The van der Waals surface area contributed by atoms with E-state index in [0.29, 0.717) is 0 Å². The Bertz CT molecular complexity index is 3280. The van der Waals surface area contributed by atoms with Crippen molar-refractivity contribution in [1.82, 2.24) is 9.97 Å². The van der Waals surface area contributed by atoms with Gasteiger partial charge in [0.25, 0.3) is 0 Å².